The minimum absolute atomic E-state index is 0.302. The molecule has 30 heavy (non-hydrogen) atoms. The Morgan fingerprint density at radius 2 is 1.37 bits per heavy atom. The van der Waals surface area contributed by atoms with E-state index in [0.717, 1.165) is 5.56 Å². The molecule has 0 amide bonds. The Kier molecular flexibility index (Phi) is 7.44. The van der Waals surface area contributed by atoms with E-state index < -0.39 is 5.97 Å². The number of rotatable bonds is 10. The van der Waals surface area contributed by atoms with Crippen LogP contribution < -0.4 is 14.2 Å². The number of ketones is 1. The summed E-state index contributed by atoms with van der Waals surface area (Å²) in [5.74, 6) is 0.638. The van der Waals surface area contributed by atoms with Crippen molar-refractivity contribution in [2.45, 2.75) is 6.61 Å². The van der Waals surface area contributed by atoms with Crippen molar-refractivity contribution in [3.05, 3.63) is 90.0 Å². The fourth-order valence-corrected chi connectivity index (χ4v) is 2.66. The Labute approximate surface area is 175 Å². The zero-order chi connectivity index (χ0) is 21.2. The van der Waals surface area contributed by atoms with Gasteiger partial charge in [0.15, 0.2) is 13.2 Å². The second-order valence-electron chi connectivity index (χ2n) is 6.32. The summed E-state index contributed by atoms with van der Waals surface area (Å²) in [6.07, 6.45) is 0. The normalized spacial score (nSPS) is 10.2. The molecule has 0 saturated carbocycles. The number of para-hydroxylation sites is 1. The van der Waals surface area contributed by atoms with Crippen molar-refractivity contribution in [2.75, 3.05) is 20.3 Å². The van der Waals surface area contributed by atoms with E-state index in [-0.39, 0.29) is 19.0 Å². The van der Waals surface area contributed by atoms with E-state index in [1.165, 1.54) is 7.11 Å². The van der Waals surface area contributed by atoms with Crippen LogP contribution in [0, 0.1) is 0 Å². The van der Waals surface area contributed by atoms with Gasteiger partial charge in [0.05, 0.1) is 12.7 Å². The van der Waals surface area contributed by atoms with Gasteiger partial charge in [-0.1, -0.05) is 42.5 Å². The summed E-state index contributed by atoms with van der Waals surface area (Å²) in [5, 5.41) is 0. The van der Waals surface area contributed by atoms with E-state index in [1.807, 2.05) is 30.3 Å². The van der Waals surface area contributed by atoms with Crippen LogP contribution in [0.15, 0.2) is 78.9 Å². The first-order chi connectivity index (χ1) is 14.7. The van der Waals surface area contributed by atoms with Crippen molar-refractivity contribution < 1.29 is 28.5 Å². The molecule has 0 aliphatic rings. The highest BCUT2D eigenvalue weighted by Crippen LogP contribution is 2.19. The summed E-state index contributed by atoms with van der Waals surface area (Å²) < 4.78 is 21.2. The van der Waals surface area contributed by atoms with Crippen molar-refractivity contribution >= 4 is 11.8 Å². The Morgan fingerprint density at radius 3 is 2.07 bits per heavy atom. The number of ether oxygens (including phenoxy) is 4. The quantitative estimate of drug-likeness (QED) is 0.373. The first kappa shape index (κ1) is 20.9. The summed E-state index contributed by atoms with van der Waals surface area (Å²) in [7, 11) is 1.48. The van der Waals surface area contributed by atoms with Crippen LogP contribution in [-0.4, -0.2) is 32.1 Å². The lowest BCUT2D eigenvalue weighted by molar-refractivity contribution is -0.144. The molecule has 0 spiro atoms. The predicted octanol–water partition coefficient (Wildman–Crippen LogP) is 4.08. The van der Waals surface area contributed by atoms with E-state index in [0.29, 0.717) is 29.4 Å². The summed E-state index contributed by atoms with van der Waals surface area (Å²) in [6, 6.07) is 23.5. The van der Waals surface area contributed by atoms with Crippen LogP contribution in [0.4, 0.5) is 0 Å². The Bertz CT molecular complexity index is 967. The Morgan fingerprint density at radius 1 is 0.733 bits per heavy atom. The van der Waals surface area contributed by atoms with Gasteiger partial charge < -0.3 is 18.9 Å². The third-order valence-electron chi connectivity index (χ3n) is 4.20. The average Bonchev–Trinajstić information content (AvgIpc) is 2.81. The van der Waals surface area contributed by atoms with Gasteiger partial charge in [0.25, 0.3) is 0 Å². The molecule has 0 aliphatic carbocycles. The zero-order valence-electron chi connectivity index (χ0n) is 16.6. The molecule has 3 aromatic rings. The molecule has 6 heteroatoms. The lowest BCUT2D eigenvalue weighted by Crippen LogP contribution is -2.19. The highest BCUT2D eigenvalue weighted by atomic mass is 16.6. The molecule has 0 radical (unpaired) electrons. The maximum absolute atomic E-state index is 12.2. The summed E-state index contributed by atoms with van der Waals surface area (Å²) >= 11 is 0. The molecule has 0 atom stereocenters. The summed E-state index contributed by atoms with van der Waals surface area (Å²) in [5.41, 5.74) is 1.43. The first-order valence-corrected chi connectivity index (χ1v) is 9.37. The van der Waals surface area contributed by atoms with E-state index in [4.69, 9.17) is 18.9 Å². The molecule has 3 aromatic carbocycles. The highest BCUT2D eigenvalue weighted by Gasteiger charge is 2.14. The smallest absolute Gasteiger partial charge is 0.344 e. The fourth-order valence-electron chi connectivity index (χ4n) is 2.66. The molecule has 0 heterocycles. The fraction of sp³-hybridized carbons (Fsp3) is 0.167. The highest BCUT2D eigenvalue weighted by molar-refractivity contribution is 6.00. The third kappa shape index (κ3) is 6.10. The molecule has 154 valence electrons. The average molecular weight is 406 g/mol. The standard InChI is InChI=1S/C24H22O6/c1-27-23-10-6-5-9-21(23)22(25)16-30-24(26)17-29-20-13-11-19(12-14-20)28-15-18-7-3-2-4-8-18/h2-14H,15-17H2,1H3. The number of Topliss-reactive ketones (excluding diaryl/α,β-unsaturated/α-hetero) is 1. The molecular weight excluding hydrogens is 384 g/mol. The van der Waals surface area contributed by atoms with E-state index in [9.17, 15) is 9.59 Å². The largest absolute Gasteiger partial charge is 0.496 e. The van der Waals surface area contributed by atoms with Crippen LogP contribution in [0.1, 0.15) is 15.9 Å². The van der Waals surface area contributed by atoms with E-state index in [1.54, 1.807) is 48.5 Å². The van der Waals surface area contributed by atoms with Crippen LogP contribution >= 0.6 is 0 Å². The van der Waals surface area contributed by atoms with Gasteiger partial charge in [-0.05, 0) is 42.0 Å². The molecule has 0 fully saturated rings. The van der Waals surface area contributed by atoms with Gasteiger partial charge in [0.2, 0.25) is 5.78 Å². The van der Waals surface area contributed by atoms with Crippen LogP contribution in [-0.2, 0) is 16.1 Å². The van der Waals surface area contributed by atoms with Crippen molar-refractivity contribution in [1.29, 1.82) is 0 Å². The SMILES string of the molecule is COc1ccccc1C(=O)COC(=O)COc1ccc(OCc2ccccc2)cc1. The third-order valence-corrected chi connectivity index (χ3v) is 4.20. The van der Waals surface area contributed by atoms with Crippen LogP contribution in [0.5, 0.6) is 17.2 Å². The Balaban J connectivity index is 1.41. The van der Waals surface area contributed by atoms with Gasteiger partial charge in [-0.25, -0.2) is 4.79 Å². The summed E-state index contributed by atoms with van der Waals surface area (Å²) in [6.45, 7) is -0.216. The molecule has 0 unspecified atom stereocenters. The zero-order valence-corrected chi connectivity index (χ0v) is 16.6. The number of benzene rings is 3. The summed E-state index contributed by atoms with van der Waals surface area (Å²) in [4.78, 5) is 24.1. The predicted molar refractivity (Wildman–Crippen MR) is 111 cm³/mol. The van der Waals surface area contributed by atoms with Crippen LogP contribution in [0.2, 0.25) is 0 Å². The number of hydrogen-bond acceptors (Lipinski definition) is 6. The van der Waals surface area contributed by atoms with Crippen LogP contribution in [0.25, 0.3) is 0 Å². The van der Waals surface area contributed by atoms with Crippen molar-refractivity contribution in [3.8, 4) is 17.2 Å². The first-order valence-electron chi connectivity index (χ1n) is 9.37. The molecule has 3 rings (SSSR count). The lowest BCUT2D eigenvalue weighted by atomic mass is 10.1. The van der Waals surface area contributed by atoms with Crippen molar-refractivity contribution in [2.24, 2.45) is 0 Å². The molecule has 0 bridgehead atoms. The molecule has 6 nitrogen and oxygen atoms in total. The second-order valence-corrected chi connectivity index (χ2v) is 6.32. The number of methoxy groups -OCH3 is 1. The van der Waals surface area contributed by atoms with Crippen molar-refractivity contribution in [1.82, 2.24) is 0 Å². The second kappa shape index (κ2) is 10.7. The van der Waals surface area contributed by atoms with Gasteiger partial charge >= 0.3 is 5.97 Å². The van der Waals surface area contributed by atoms with Gasteiger partial charge in [-0.15, -0.1) is 0 Å². The van der Waals surface area contributed by atoms with Gasteiger partial charge in [0, 0.05) is 0 Å². The van der Waals surface area contributed by atoms with Crippen LogP contribution in [0.3, 0.4) is 0 Å². The maximum Gasteiger partial charge on any atom is 0.344 e. The minimum atomic E-state index is -0.636. The molecular formula is C24H22O6. The van der Waals surface area contributed by atoms with Gasteiger partial charge in [-0.3, -0.25) is 4.79 Å². The molecule has 0 aromatic heterocycles. The molecule has 0 N–H and O–H groups in total. The van der Waals surface area contributed by atoms with Gasteiger partial charge in [0.1, 0.15) is 23.9 Å². The number of esters is 1. The molecule has 0 aliphatic heterocycles. The van der Waals surface area contributed by atoms with E-state index >= 15 is 0 Å². The number of hydrogen-bond donors (Lipinski definition) is 0. The van der Waals surface area contributed by atoms with E-state index in [2.05, 4.69) is 0 Å². The van der Waals surface area contributed by atoms with Crippen molar-refractivity contribution in [3.63, 3.8) is 0 Å². The Hall–Kier alpha value is -3.80. The minimum Gasteiger partial charge on any atom is -0.496 e. The monoisotopic (exact) mass is 406 g/mol. The molecule has 0 saturated heterocycles. The van der Waals surface area contributed by atoms with Gasteiger partial charge in [-0.2, -0.15) is 0 Å². The topological polar surface area (TPSA) is 71.1 Å². The lowest BCUT2D eigenvalue weighted by Gasteiger charge is -2.10. The maximum atomic E-state index is 12.2. The number of carbonyl (C=O) groups is 2. The number of carbonyl (C=O) groups excluding carboxylic acids is 2.